The van der Waals surface area contributed by atoms with E-state index in [9.17, 15) is 0 Å². The molecule has 0 bridgehead atoms. The second-order valence-corrected chi connectivity index (χ2v) is 4.66. The summed E-state index contributed by atoms with van der Waals surface area (Å²) in [7, 11) is 1.58. The van der Waals surface area contributed by atoms with Crippen LogP contribution >= 0.6 is 0 Å². The molecule has 22 heavy (non-hydrogen) atoms. The van der Waals surface area contributed by atoms with Crippen molar-refractivity contribution in [2.45, 2.75) is 6.92 Å². The Kier molecular flexibility index (Phi) is 5.65. The highest BCUT2D eigenvalue weighted by Gasteiger charge is 2.05. The summed E-state index contributed by atoms with van der Waals surface area (Å²) < 4.78 is 16.4. The molecule has 2 rings (SSSR count). The average molecular weight is 301 g/mol. The van der Waals surface area contributed by atoms with Gasteiger partial charge >= 0.3 is 0 Å². The molecule has 5 nitrogen and oxygen atoms in total. The van der Waals surface area contributed by atoms with Crippen LogP contribution in [0.15, 0.2) is 47.6 Å². The Morgan fingerprint density at radius 2 is 1.68 bits per heavy atom. The number of aryl methyl sites for hydroxylation is 1. The molecule has 0 saturated heterocycles. The highest BCUT2D eigenvalue weighted by Crippen LogP contribution is 2.23. The van der Waals surface area contributed by atoms with Gasteiger partial charge in [-0.05, 0) is 31.2 Å². The van der Waals surface area contributed by atoms with E-state index >= 15 is 0 Å². The highest BCUT2D eigenvalue weighted by molar-refractivity contribution is 5.83. The number of rotatable bonds is 7. The molecule has 5 heteroatoms. The standard InChI is InChI=1S/C17H19NO4/c1-13-3-6-15(7-4-13)21-9-10-22-17-11-16(20-2)8-5-14(17)12-18-19/h3-8,11-12,19H,9-10H2,1-2H3. The number of ether oxygens (including phenoxy) is 3. The molecule has 116 valence electrons. The van der Waals surface area contributed by atoms with Crippen LogP contribution in [0.25, 0.3) is 0 Å². The van der Waals surface area contributed by atoms with Crippen LogP contribution in [0, 0.1) is 6.92 Å². The Bertz CT molecular complexity index is 623. The van der Waals surface area contributed by atoms with Crippen LogP contribution < -0.4 is 14.2 Å². The number of hydrogen-bond acceptors (Lipinski definition) is 5. The third-order valence-electron chi connectivity index (χ3n) is 3.05. The summed E-state index contributed by atoms with van der Waals surface area (Å²) in [6.07, 6.45) is 1.32. The van der Waals surface area contributed by atoms with Crippen molar-refractivity contribution in [3.63, 3.8) is 0 Å². The molecule has 0 fully saturated rings. The van der Waals surface area contributed by atoms with Gasteiger partial charge in [0.1, 0.15) is 30.5 Å². The van der Waals surface area contributed by atoms with Crippen LogP contribution in [0.4, 0.5) is 0 Å². The van der Waals surface area contributed by atoms with E-state index in [2.05, 4.69) is 5.16 Å². The Labute approximate surface area is 129 Å². The van der Waals surface area contributed by atoms with Crippen LogP contribution in [0.5, 0.6) is 17.2 Å². The van der Waals surface area contributed by atoms with Crippen molar-refractivity contribution in [2.75, 3.05) is 20.3 Å². The van der Waals surface area contributed by atoms with Gasteiger partial charge in [0, 0.05) is 11.6 Å². The summed E-state index contributed by atoms with van der Waals surface area (Å²) in [5.74, 6) is 2.05. The number of oxime groups is 1. The van der Waals surface area contributed by atoms with Crippen molar-refractivity contribution in [2.24, 2.45) is 5.16 Å². The maximum absolute atomic E-state index is 8.67. The van der Waals surface area contributed by atoms with Crippen molar-refractivity contribution in [1.82, 2.24) is 0 Å². The number of hydrogen-bond donors (Lipinski definition) is 1. The molecule has 2 aromatic rings. The van der Waals surface area contributed by atoms with Gasteiger partial charge in [-0.3, -0.25) is 0 Å². The smallest absolute Gasteiger partial charge is 0.132 e. The molecule has 0 atom stereocenters. The van der Waals surface area contributed by atoms with Gasteiger partial charge in [-0.1, -0.05) is 22.9 Å². The molecule has 0 aliphatic heterocycles. The summed E-state index contributed by atoms with van der Waals surface area (Å²) in [6.45, 7) is 2.81. The topological polar surface area (TPSA) is 60.3 Å². The fourth-order valence-electron chi connectivity index (χ4n) is 1.88. The summed E-state index contributed by atoms with van der Waals surface area (Å²) in [6, 6.07) is 13.1. The van der Waals surface area contributed by atoms with Gasteiger partial charge in [0.25, 0.3) is 0 Å². The van der Waals surface area contributed by atoms with Gasteiger partial charge < -0.3 is 19.4 Å². The molecule has 0 spiro atoms. The first-order chi connectivity index (χ1) is 10.7. The van der Waals surface area contributed by atoms with Crippen molar-refractivity contribution >= 4 is 6.21 Å². The van der Waals surface area contributed by atoms with E-state index in [1.54, 1.807) is 25.3 Å². The maximum atomic E-state index is 8.67. The molecule has 0 aliphatic rings. The molecule has 0 unspecified atom stereocenters. The lowest BCUT2D eigenvalue weighted by molar-refractivity contribution is 0.216. The Hall–Kier alpha value is -2.69. The summed E-state index contributed by atoms with van der Waals surface area (Å²) in [4.78, 5) is 0. The van der Waals surface area contributed by atoms with Gasteiger partial charge in [-0.15, -0.1) is 0 Å². The van der Waals surface area contributed by atoms with E-state index in [0.717, 1.165) is 5.75 Å². The number of benzene rings is 2. The van der Waals surface area contributed by atoms with E-state index in [0.29, 0.717) is 30.3 Å². The summed E-state index contributed by atoms with van der Waals surface area (Å²) >= 11 is 0. The van der Waals surface area contributed by atoms with Crippen LogP contribution in [-0.4, -0.2) is 31.7 Å². The molecule has 0 aromatic heterocycles. The number of nitrogens with zero attached hydrogens (tertiary/aromatic N) is 1. The minimum absolute atomic E-state index is 0.368. The Morgan fingerprint density at radius 3 is 2.36 bits per heavy atom. The zero-order chi connectivity index (χ0) is 15.8. The lowest BCUT2D eigenvalue weighted by Gasteiger charge is -2.11. The van der Waals surface area contributed by atoms with Gasteiger partial charge in [-0.2, -0.15) is 0 Å². The van der Waals surface area contributed by atoms with Gasteiger partial charge in [0.05, 0.1) is 13.3 Å². The lowest BCUT2D eigenvalue weighted by atomic mass is 10.2. The Morgan fingerprint density at radius 1 is 1.00 bits per heavy atom. The van der Waals surface area contributed by atoms with Crippen LogP contribution in [0.1, 0.15) is 11.1 Å². The van der Waals surface area contributed by atoms with Crippen molar-refractivity contribution in [1.29, 1.82) is 0 Å². The minimum Gasteiger partial charge on any atom is -0.497 e. The zero-order valence-electron chi connectivity index (χ0n) is 12.7. The second kappa shape index (κ2) is 7.93. The largest absolute Gasteiger partial charge is 0.497 e. The number of methoxy groups -OCH3 is 1. The Balaban J connectivity index is 1.91. The summed E-state index contributed by atoms with van der Waals surface area (Å²) in [5.41, 5.74) is 1.85. The zero-order valence-corrected chi connectivity index (χ0v) is 12.7. The maximum Gasteiger partial charge on any atom is 0.132 e. The van der Waals surface area contributed by atoms with E-state index in [1.165, 1.54) is 11.8 Å². The predicted octanol–water partition coefficient (Wildman–Crippen LogP) is 3.27. The van der Waals surface area contributed by atoms with Crippen molar-refractivity contribution < 1.29 is 19.4 Å². The second-order valence-electron chi connectivity index (χ2n) is 4.66. The quantitative estimate of drug-likeness (QED) is 0.369. The lowest BCUT2D eigenvalue weighted by Crippen LogP contribution is -2.10. The first-order valence-electron chi connectivity index (χ1n) is 6.90. The first kappa shape index (κ1) is 15.7. The highest BCUT2D eigenvalue weighted by atomic mass is 16.5. The molecule has 0 amide bonds. The van der Waals surface area contributed by atoms with Gasteiger partial charge in [0.15, 0.2) is 0 Å². The minimum atomic E-state index is 0.368. The first-order valence-corrected chi connectivity index (χ1v) is 6.90. The van der Waals surface area contributed by atoms with Crippen LogP contribution in [0.2, 0.25) is 0 Å². The van der Waals surface area contributed by atoms with Gasteiger partial charge in [0.2, 0.25) is 0 Å². The monoisotopic (exact) mass is 301 g/mol. The van der Waals surface area contributed by atoms with E-state index in [1.807, 2.05) is 31.2 Å². The van der Waals surface area contributed by atoms with E-state index in [4.69, 9.17) is 19.4 Å². The molecule has 2 aromatic carbocycles. The predicted molar refractivity (Wildman–Crippen MR) is 84.5 cm³/mol. The van der Waals surface area contributed by atoms with E-state index in [-0.39, 0.29) is 0 Å². The third kappa shape index (κ3) is 4.41. The molecule has 0 aliphatic carbocycles. The molecule has 0 saturated carbocycles. The normalized spacial score (nSPS) is 10.6. The van der Waals surface area contributed by atoms with Crippen molar-refractivity contribution in [3.8, 4) is 17.2 Å². The molecular formula is C17H19NO4. The third-order valence-corrected chi connectivity index (χ3v) is 3.05. The molecule has 0 radical (unpaired) electrons. The summed E-state index contributed by atoms with van der Waals surface area (Å²) in [5, 5.41) is 11.7. The molecular weight excluding hydrogens is 282 g/mol. The van der Waals surface area contributed by atoms with Crippen molar-refractivity contribution in [3.05, 3.63) is 53.6 Å². The van der Waals surface area contributed by atoms with Crippen LogP contribution in [-0.2, 0) is 0 Å². The fraction of sp³-hybridized carbons (Fsp3) is 0.235. The SMILES string of the molecule is COc1ccc(C=NO)c(OCCOc2ccc(C)cc2)c1. The van der Waals surface area contributed by atoms with Crippen LogP contribution in [0.3, 0.4) is 0 Å². The average Bonchev–Trinajstić information content (AvgIpc) is 2.54. The molecule has 1 N–H and O–H groups in total. The van der Waals surface area contributed by atoms with Gasteiger partial charge in [-0.25, -0.2) is 0 Å². The van der Waals surface area contributed by atoms with E-state index < -0.39 is 0 Å². The molecule has 0 heterocycles. The fourth-order valence-corrected chi connectivity index (χ4v) is 1.88.